The summed E-state index contributed by atoms with van der Waals surface area (Å²) in [5.41, 5.74) is 5.73. The summed E-state index contributed by atoms with van der Waals surface area (Å²) in [7, 11) is 0. The van der Waals surface area contributed by atoms with Gasteiger partial charge in [-0.25, -0.2) is 0 Å². The Morgan fingerprint density at radius 3 is 2.86 bits per heavy atom. The average Bonchev–Trinajstić information content (AvgIpc) is 2.66. The molecule has 0 aliphatic heterocycles. The highest BCUT2D eigenvalue weighted by atomic mass is 32.1. The third kappa shape index (κ3) is 2.82. The topological polar surface area (TPSA) is 92.4 Å². The van der Waals surface area contributed by atoms with Crippen molar-refractivity contribution < 1.29 is 14.7 Å². The van der Waals surface area contributed by atoms with Crippen molar-refractivity contribution in [2.45, 2.75) is 6.04 Å². The lowest BCUT2D eigenvalue weighted by molar-refractivity contribution is -0.138. The van der Waals surface area contributed by atoms with Gasteiger partial charge in [-0.3, -0.25) is 9.59 Å². The highest BCUT2D eigenvalue weighted by molar-refractivity contribution is 7.08. The zero-order valence-electron chi connectivity index (χ0n) is 7.27. The number of carbonyl (C=O) groups is 2. The quantitative estimate of drug-likeness (QED) is 0.652. The van der Waals surface area contributed by atoms with Crippen LogP contribution < -0.4 is 11.1 Å². The molecule has 0 spiro atoms. The maximum absolute atomic E-state index is 11.3. The van der Waals surface area contributed by atoms with Crippen LogP contribution in [0.25, 0.3) is 0 Å². The van der Waals surface area contributed by atoms with E-state index >= 15 is 0 Å². The number of aliphatic carboxylic acids is 1. The molecule has 1 atom stereocenters. The van der Waals surface area contributed by atoms with Crippen LogP contribution in [0, 0.1) is 0 Å². The molecule has 0 bridgehead atoms. The fraction of sp³-hybridized carbons (Fsp3) is 0.250. The molecule has 0 radical (unpaired) electrons. The molecule has 4 N–H and O–H groups in total. The second-order valence-corrected chi connectivity index (χ2v) is 3.45. The fourth-order valence-electron chi connectivity index (χ4n) is 0.786. The number of thiophene rings is 1. The summed E-state index contributed by atoms with van der Waals surface area (Å²) in [6, 6.07) is 0.601. The first-order valence-electron chi connectivity index (χ1n) is 3.90. The SMILES string of the molecule is N[C@@H](CNC(=O)c1ccsc1)C(=O)O. The monoisotopic (exact) mass is 214 g/mol. The molecule has 1 heterocycles. The highest BCUT2D eigenvalue weighted by Crippen LogP contribution is 2.04. The number of hydrogen-bond acceptors (Lipinski definition) is 4. The molecule has 1 aromatic heterocycles. The number of amides is 1. The van der Waals surface area contributed by atoms with Crippen LogP contribution in [0.4, 0.5) is 0 Å². The lowest BCUT2D eigenvalue weighted by atomic mass is 10.3. The number of nitrogens with two attached hydrogens (primary N) is 1. The summed E-state index contributed by atoms with van der Waals surface area (Å²) in [6.45, 7) is -0.0655. The van der Waals surface area contributed by atoms with E-state index < -0.39 is 12.0 Å². The Morgan fingerprint density at radius 2 is 2.36 bits per heavy atom. The van der Waals surface area contributed by atoms with Gasteiger partial charge in [0.2, 0.25) is 0 Å². The van der Waals surface area contributed by atoms with Gasteiger partial charge < -0.3 is 16.2 Å². The number of nitrogens with one attached hydrogen (secondary N) is 1. The number of carbonyl (C=O) groups excluding carboxylic acids is 1. The Balaban J connectivity index is 2.40. The lowest BCUT2D eigenvalue weighted by Gasteiger charge is -2.07. The standard InChI is InChI=1S/C8H10N2O3S/c9-6(8(12)13)3-10-7(11)5-1-2-14-4-5/h1-2,4,6H,3,9H2,(H,10,11)(H,12,13)/t6-/m0/s1. The van der Waals surface area contributed by atoms with E-state index in [4.69, 9.17) is 10.8 Å². The fourth-order valence-corrected chi connectivity index (χ4v) is 1.42. The van der Waals surface area contributed by atoms with Crippen LogP contribution in [0.3, 0.4) is 0 Å². The van der Waals surface area contributed by atoms with E-state index in [1.54, 1.807) is 16.8 Å². The molecule has 0 aliphatic carbocycles. The van der Waals surface area contributed by atoms with Crippen LogP contribution in [0.1, 0.15) is 10.4 Å². The van der Waals surface area contributed by atoms with Gasteiger partial charge >= 0.3 is 5.97 Å². The normalized spacial score (nSPS) is 12.1. The van der Waals surface area contributed by atoms with Crippen LogP contribution >= 0.6 is 11.3 Å². The molecule has 1 amide bonds. The number of carboxylic acids is 1. The van der Waals surface area contributed by atoms with Gasteiger partial charge in [0.15, 0.2) is 0 Å². The molecular weight excluding hydrogens is 204 g/mol. The van der Waals surface area contributed by atoms with Gasteiger partial charge in [-0.15, -0.1) is 0 Å². The van der Waals surface area contributed by atoms with Crippen molar-refractivity contribution in [3.05, 3.63) is 22.4 Å². The molecule has 0 fully saturated rings. The van der Waals surface area contributed by atoms with Crippen LogP contribution in [-0.2, 0) is 4.79 Å². The molecule has 0 unspecified atom stereocenters. The molecular formula is C8H10N2O3S. The summed E-state index contributed by atoms with van der Waals surface area (Å²) >= 11 is 1.40. The van der Waals surface area contributed by atoms with Crippen molar-refractivity contribution in [3.63, 3.8) is 0 Å². The van der Waals surface area contributed by atoms with E-state index in [2.05, 4.69) is 5.32 Å². The maximum Gasteiger partial charge on any atom is 0.322 e. The second-order valence-electron chi connectivity index (χ2n) is 2.67. The largest absolute Gasteiger partial charge is 0.480 e. The van der Waals surface area contributed by atoms with Crippen molar-refractivity contribution in [2.75, 3.05) is 6.54 Å². The third-order valence-corrected chi connectivity index (χ3v) is 2.27. The molecule has 6 heteroatoms. The van der Waals surface area contributed by atoms with E-state index in [0.717, 1.165) is 0 Å². The van der Waals surface area contributed by atoms with Crippen LogP contribution in [0.15, 0.2) is 16.8 Å². The van der Waals surface area contributed by atoms with E-state index in [1.807, 2.05) is 0 Å². The Kier molecular flexibility index (Phi) is 3.61. The van der Waals surface area contributed by atoms with Gasteiger partial charge in [-0.1, -0.05) is 0 Å². The molecule has 0 saturated heterocycles. The van der Waals surface area contributed by atoms with E-state index in [0.29, 0.717) is 5.56 Å². The van der Waals surface area contributed by atoms with E-state index in [1.165, 1.54) is 11.3 Å². The van der Waals surface area contributed by atoms with Crippen molar-refractivity contribution in [1.82, 2.24) is 5.32 Å². The van der Waals surface area contributed by atoms with Crippen molar-refractivity contribution >= 4 is 23.2 Å². The van der Waals surface area contributed by atoms with Crippen LogP contribution in [-0.4, -0.2) is 29.6 Å². The van der Waals surface area contributed by atoms with Gasteiger partial charge in [0.25, 0.3) is 5.91 Å². The van der Waals surface area contributed by atoms with Crippen LogP contribution in [0.5, 0.6) is 0 Å². The number of rotatable bonds is 4. The third-order valence-electron chi connectivity index (χ3n) is 1.58. The zero-order chi connectivity index (χ0) is 10.6. The number of hydrogen-bond donors (Lipinski definition) is 3. The summed E-state index contributed by atoms with van der Waals surface area (Å²) in [4.78, 5) is 21.6. The first-order valence-corrected chi connectivity index (χ1v) is 4.84. The Bertz CT molecular complexity index is 323. The number of carboxylic acid groups (broad SMARTS) is 1. The molecule has 1 aromatic rings. The molecule has 5 nitrogen and oxygen atoms in total. The highest BCUT2D eigenvalue weighted by Gasteiger charge is 2.13. The molecule has 0 saturated carbocycles. The molecule has 0 aliphatic rings. The molecule has 1 rings (SSSR count). The van der Waals surface area contributed by atoms with Gasteiger partial charge in [0.05, 0.1) is 0 Å². The average molecular weight is 214 g/mol. The van der Waals surface area contributed by atoms with Crippen molar-refractivity contribution in [3.8, 4) is 0 Å². The first-order chi connectivity index (χ1) is 6.61. The Labute approximate surface area is 84.5 Å². The van der Waals surface area contributed by atoms with Gasteiger partial charge in [0, 0.05) is 17.5 Å². The summed E-state index contributed by atoms with van der Waals surface area (Å²) in [5.74, 6) is -1.43. The molecule has 0 aromatic carbocycles. The smallest absolute Gasteiger partial charge is 0.322 e. The molecule has 76 valence electrons. The minimum atomic E-state index is -1.13. The maximum atomic E-state index is 11.3. The minimum absolute atomic E-state index is 0.0655. The van der Waals surface area contributed by atoms with Gasteiger partial charge in [-0.05, 0) is 11.4 Å². The van der Waals surface area contributed by atoms with Gasteiger partial charge in [0.1, 0.15) is 6.04 Å². The summed E-state index contributed by atoms with van der Waals surface area (Å²) in [6.07, 6.45) is 0. The van der Waals surface area contributed by atoms with Gasteiger partial charge in [-0.2, -0.15) is 11.3 Å². The molecule has 14 heavy (non-hydrogen) atoms. The lowest BCUT2D eigenvalue weighted by Crippen LogP contribution is -2.42. The Hall–Kier alpha value is -1.40. The summed E-state index contributed by atoms with van der Waals surface area (Å²) in [5, 5.41) is 14.3. The van der Waals surface area contributed by atoms with E-state index in [-0.39, 0.29) is 12.5 Å². The summed E-state index contributed by atoms with van der Waals surface area (Å²) < 4.78 is 0. The van der Waals surface area contributed by atoms with Crippen molar-refractivity contribution in [1.29, 1.82) is 0 Å². The predicted octanol–water partition coefficient (Wildman–Crippen LogP) is -0.110. The first kappa shape index (κ1) is 10.7. The Morgan fingerprint density at radius 1 is 1.64 bits per heavy atom. The van der Waals surface area contributed by atoms with Crippen LogP contribution in [0.2, 0.25) is 0 Å². The zero-order valence-corrected chi connectivity index (χ0v) is 8.08. The minimum Gasteiger partial charge on any atom is -0.480 e. The van der Waals surface area contributed by atoms with E-state index in [9.17, 15) is 9.59 Å². The predicted molar refractivity (Wildman–Crippen MR) is 52.3 cm³/mol. The second kappa shape index (κ2) is 4.73. The van der Waals surface area contributed by atoms with Crippen molar-refractivity contribution in [2.24, 2.45) is 5.73 Å².